The second kappa shape index (κ2) is 10.3. The first-order valence-electron chi connectivity index (χ1n) is 11.0. The third-order valence-electron chi connectivity index (χ3n) is 5.74. The summed E-state index contributed by atoms with van der Waals surface area (Å²) in [6.45, 7) is 6.63. The normalized spacial score (nSPS) is 14.4. The fourth-order valence-electron chi connectivity index (χ4n) is 3.98. The van der Waals surface area contributed by atoms with Crippen LogP contribution in [-0.2, 0) is 16.6 Å². The Morgan fingerprint density at radius 2 is 2.03 bits per heavy atom. The molecule has 0 bridgehead atoms. The van der Waals surface area contributed by atoms with Gasteiger partial charge >= 0.3 is 0 Å². The monoisotopic (exact) mass is 459 g/mol. The molecule has 3 heterocycles. The molecule has 178 valence electrons. The number of halogens is 2. The Kier molecular flexibility index (Phi) is 7.68. The number of alkyl halides is 2. The fourth-order valence-corrected chi connectivity index (χ4v) is 3.98. The molecule has 0 atom stereocenters. The lowest BCUT2D eigenvalue weighted by atomic mass is 9.82. The van der Waals surface area contributed by atoms with Crippen LogP contribution in [0.1, 0.15) is 48.7 Å². The molecular formula is C25H31F2N3O3. The average molecular weight is 460 g/mol. The summed E-state index contributed by atoms with van der Waals surface area (Å²) in [4.78, 5) is 12.4. The van der Waals surface area contributed by atoms with Crippen LogP contribution in [0.15, 0.2) is 36.7 Å². The predicted molar refractivity (Wildman–Crippen MR) is 124 cm³/mol. The van der Waals surface area contributed by atoms with Gasteiger partial charge in [0.1, 0.15) is 5.75 Å². The first-order valence-corrected chi connectivity index (χ1v) is 11.0. The molecule has 0 radical (unpaired) electrons. The van der Waals surface area contributed by atoms with Gasteiger partial charge in [0, 0.05) is 24.2 Å². The van der Waals surface area contributed by atoms with Gasteiger partial charge in [-0.1, -0.05) is 26.3 Å². The molecule has 3 aromatic rings. The van der Waals surface area contributed by atoms with Crippen molar-refractivity contribution < 1.29 is 23.0 Å². The highest BCUT2D eigenvalue weighted by Gasteiger charge is 2.35. The van der Waals surface area contributed by atoms with Gasteiger partial charge in [0.15, 0.2) is 0 Å². The Morgan fingerprint density at radius 3 is 2.58 bits per heavy atom. The highest BCUT2D eigenvalue weighted by Crippen LogP contribution is 2.35. The van der Waals surface area contributed by atoms with E-state index in [4.69, 9.17) is 9.47 Å². The summed E-state index contributed by atoms with van der Waals surface area (Å²) in [5.74, 6) is 0.456. The molecule has 6 nitrogen and oxygen atoms in total. The van der Waals surface area contributed by atoms with Crippen molar-refractivity contribution >= 4 is 11.4 Å². The second-order valence-corrected chi connectivity index (χ2v) is 8.42. The van der Waals surface area contributed by atoms with Gasteiger partial charge in [-0.05, 0) is 48.2 Å². The zero-order chi connectivity index (χ0) is 24.2. The summed E-state index contributed by atoms with van der Waals surface area (Å²) in [6.07, 6.45) is 3.54. The number of carbonyl (C=O) groups is 1. The number of ether oxygens (including phenoxy) is 2. The maximum atomic E-state index is 12.4. The molecule has 1 saturated heterocycles. The van der Waals surface area contributed by atoms with Crippen LogP contribution in [0.4, 0.5) is 8.78 Å². The minimum atomic E-state index is -2.17. The molecule has 1 N–H and O–H groups in total. The van der Waals surface area contributed by atoms with Crippen LogP contribution in [0.3, 0.4) is 0 Å². The Hall–Kier alpha value is -3.00. The molecule has 8 heteroatoms. The third-order valence-corrected chi connectivity index (χ3v) is 5.74. The molecule has 1 amide bonds. The molecular weight excluding hydrogens is 428 g/mol. The van der Waals surface area contributed by atoms with E-state index in [9.17, 15) is 13.6 Å². The Balaban J connectivity index is 0.000000709. The van der Waals surface area contributed by atoms with Crippen molar-refractivity contribution in [1.29, 1.82) is 0 Å². The van der Waals surface area contributed by atoms with Crippen LogP contribution in [0, 0.1) is 0 Å². The molecule has 0 unspecified atom stereocenters. The molecule has 4 rings (SSSR count). The van der Waals surface area contributed by atoms with E-state index in [1.165, 1.54) is 5.56 Å². The largest absolute Gasteiger partial charge is 0.496 e. The number of nitrogens with one attached hydrogen (secondary N) is 1. The standard InChI is InChI=1S/C23H27N3O3.C2H4F2/c1-5-6-15-9-16(10-20(28-4)21(15)22(27)24-3)18-11-25-26-12-17(7-8-19(18)26)23(2)13-29-14-23;1-2(3)4/h7-12H,5-6,13-14H2,1-4H3,(H,24,27);2H,1H3. The van der Waals surface area contributed by atoms with Crippen molar-refractivity contribution in [2.24, 2.45) is 0 Å². The summed E-state index contributed by atoms with van der Waals surface area (Å²) in [7, 11) is 3.24. The van der Waals surface area contributed by atoms with E-state index < -0.39 is 6.43 Å². The number of aryl methyl sites for hydroxylation is 1. The lowest BCUT2D eigenvalue weighted by Crippen LogP contribution is -2.43. The number of methoxy groups -OCH3 is 1. The number of pyridine rings is 1. The Bertz CT molecular complexity index is 1120. The summed E-state index contributed by atoms with van der Waals surface area (Å²) < 4.78 is 33.6. The van der Waals surface area contributed by atoms with Crippen LogP contribution >= 0.6 is 0 Å². The predicted octanol–water partition coefficient (Wildman–Crippen LogP) is 4.88. The average Bonchev–Trinajstić information content (AvgIpc) is 3.19. The van der Waals surface area contributed by atoms with Crippen LogP contribution in [0.2, 0.25) is 0 Å². The SMILES string of the molecule is CC(F)F.CCCc1cc(-c2cnn3cc(C4(C)COC4)ccc23)cc(OC)c1C(=O)NC. The molecule has 0 aliphatic carbocycles. The van der Waals surface area contributed by atoms with Crippen molar-refractivity contribution in [1.82, 2.24) is 14.9 Å². The number of hydrogen-bond donors (Lipinski definition) is 1. The van der Waals surface area contributed by atoms with Crippen LogP contribution in [0.25, 0.3) is 16.6 Å². The van der Waals surface area contributed by atoms with E-state index in [2.05, 4.69) is 48.7 Å². The zero-order valence-electron chi connectivity index (χ0n) is 19.7. The first kappa shape index (κ1) is 24.6. The van der Waals surface area contributed by atoms with Gasteiger partial charge < -0.3 is 14.8 Å². The molecule has 2 aromatic heterocycles. The summed E-state index contributed by atoms with van der Waals surface area (Å²) >= 11 is 0. The van der Waals surface area contributed by atoms with E-state index in [1.54, 1.807) is 14.2 Å². The van der Waals surface area contributed by atoms with Crippen molar-refractivity contribution in [3.63, 3.8) is 0 Å². The van der Waals surface area contributed by atoms with Crippen molar-refractivity contribution in [3.8, 4) is 16.9 Å². The molecule has 1 fully saturated rings. The first-order chi connectivity index (χ1) is 15.7. The van der Waals surface area contributed by atoms with Crippen LogP contribution < -0.4 is 10.1 Å². The van der Waals surface area contributed by atoms with Gasteiger partial charge in [-0.2, -0.15) is 5.10 Å². The summed E-state index contributed by atoms with van der Waals surface area (Å²) in [6, 6.07) is 8.28. The second-order valence-electron chi connectivity index (χ2n) is 8.42. The smallest absolute Gasteiger partial charge is 0.255 e. The molecule has 1 aliphatic rings. The molecule has 1 aliphatic heterocycles. The summed E-state index contributed by atoms with van der Waals surface area (Å²) in [5, 5.41) is 7.31. The Morgan fingerprint density at radius 1 is 1.33 bits per heavy atom. The number of carbonyl (C=O) groups excluding carboxylic acids is 1. The van der Waals surface area contributed by atoms with E-state index >= 15 is 0 Å². The lowest BCUT2D eigenvalue weighted by molar-refractivity contribution is -0.0502. The highest BCUT2D eigenvalue weighted by atomic mass is 19.3. The highest BCUT2D eigenvalue weighted by molar-refractivity contribution is 5.99. The van der Waals surface area contributed by atoms with E-state index in [-0.39, 0.29) is 11.3 Å². The summed E-state index contributed by atoms with van der Waals surface area (Å²) in [5.41, 5.74) is 5.92. The molecule has 1 aromatic carbocycles. The maximum absolute atomic E-state index is 12.4. The number of nitrogens with zero attached hydrogens (tertiary/aromatic N) is 2. The minimum Gasteiger partial charge on any atom is -0.496 e. The third kappa shape index (κ3) is 5.16. The number of amides is 1. The topological polar surface area (TPSA) is 64.9 Å². The van der Waals surface area contributed by atoms with Gasteiger partial charge in [0.25, 0.3) is 5.91 Å². The van der Waals surface area contributed by atoms with Crippen molar-refractivity contribution in [2.45, 2.75) is 45.5 Å². The van der Waals surface area contributed by atoms with E-state index in [1.807, 2.05) is 16.8 Å². The van der Waals surface area contributed by atoms with Gasteiger partial charge in [-0.3, -0.25) is 4.79 Å². The van der Waals surface area contributed by atoms with Gasteiger partial charge in [-0.15, -0.1) is 0 Å². The number of hydrogen-bond acceptors (Lipinski definition) is 4. The number of aromatic nitrogens is 2. The van der Waals surface area contributed by atoms with Crippen molar-refractivity contribution in [3.05, 3.63) is 53.3 Å². The maximum Gasteiger partial charge on any atom is 0.255 e. The number of rotatable bonds is 6. The molecule has 0 spiro atoms. The minimum absolute atomic E-state index is 0.0625. The molecule has 33 heavy (non-hydrogen) atoms. The van der Waals surface area contributed by atoms with Gasteiger partial charge in [0.05, 0.1) is 37.6 Å². The lowest BCUT2D eigenvalue weighted by Gasteiger charge is -2.38. The van der Waals surface area contributed by atoms with E-state index in [0.29, 0.717) is 11.3 Å². The van der Waals surface area contributed by atoms with Gasteiger partial charge in [-0.25, -0.2) is 13.3 Å². The Labute approximate surface area is 192 Å². The fraction of sp³-hybridized carbons (Fsp3) is 0.440. The van der Waals surface area contributed by atoms with Crippen LogP contribution in [-0.4, -0.2) is 49.3 Å². The molecule has 0 saturated carbocycles. The zero-order valence-corrected chi connectivity index (χ0v) is 19.7. The van der Waals surface area contributed by atoms with Gasteiger partial charge in [0.2, 0.25) is 6.43 Å². The quantitative estimate of drug-likeness (QED) is 0.571. The van der Waals surface area contributed by atoms with E-state index in [0.717, 1.165) is 55.2 Å². The van der Waals surface area contributed by atoms with Crippen molar-refractivity contribution in [2.75, 3.05) is 27.4 Å². The number of benzene rings is 1. The number of fused-ring (bicyclic) bond motifs is 1. The van der Waals surface area contributed by atoms with Crippen LogP contribution in [0.5, 0.6) is 5.75 Å².